The van der Waals surface area contributed by atoms with Gasteiger partial charge < -0.3 is 4.90 Å². The molecule has 76 valence electrons. The maximum absolute atomic E-state index is 2.72. The minimum atomic E-state index is 0.673. The molecule has 2 atom stereocenters. The smallest absolute Gasteiger partial charge is 0.0149 e. The molecular formula is C12H23N. The lowest BCUT2D eigenvalue weighted by atomic mass is 9.66. The third kappa shape index (κ3) is 1.63. The molecule has 0 N–H and O–H groups in total. The molecule has 1 heterocycles. The minimum Gasteiger partial charge on any atom is -0.300 e. The highest BCUT2D eigenvalue weighted by Crippen LogP contribution is 2.45. The van der Waals surface area contributed by atoms with Crippen LogP contribution in [0.2, 0.25) is 0 Å². The summed E-state index contributed by atoms with van der Waals surface area (Å²) in [7, 11) is 0. The number of rotatable bonds is 1. The van der Waals surface area contributed by atoms with Crippen LogP contribution in [0, 0.1) is 5.41 Å². The van der Waals surface area contributed by atoms with Crippen LogP contribution in [0.3, 0.4) is 0 Å². The van der Waals surface area contributed by atoms with Crippen LogP contribution in [0.1, 0.15) is 52.4 Å². The minimum absolute atomic E-state index is 0.673. The predicted molar refractivity (Wildman–Crippen MR) is 56.8 cm³/mol. The van der Waals surface area contributed by atoms with Gasteiger partial charge in [0.25, 0.3) is 0 Å². The van der Waals surface area contributed by atoms with Crippen molar-refractivity contribution < 1.29 is 0 Å². The average molecular weight is 181 g/mol. The summed E-state index contributed by atoms with van der Waals surface area (Å²) in [6.07, 6.45) is 8.80. The zero-order valence-electron chi connectivity index (χ0n) is 9.18. The van der Waals surface area contributed by atoms with Gasteiger partial charge in [-0.15, -0.1) is 0 Å². The van der Waals surface area contributed by atoms with E-state index in [1.807, 2.05) is 0 Å². The first kappa shape index (κ1) is 9.51. The van der Waals surface area contributed by atoms with Crippen molar-refractivity contribution in [2.75, 3.05) is 13.1 Å². The Balaban J connectivity index is 2.11. The average Bonchev–Trinajstić information content (AvgIpc) is 2.15. The SMILES string of the molecule is CCN1CCC[C@@]2(C)CCCC[C@H]12. The van der Waals surface area contributed by atoms with Crippen LogP contribution in [0.5, 0.6) is 0 Å². The van der Waals surface area contributed by atoms with Crippen molar-refractivity contribution in [3.05, 3.63) is 0 Å². The predicted octanol–water partition coefficient (Wildman–Crippen LogP) is 3.05. The molecule has 0 radical (unpaired) electrons. The highest BCUT2D eigenvalue weighted by atomic mass is 15.2. The van der Waals surface area contributed by atoms with Gasteiger partial charge in [0.05, 0.1) is 0 Å². The van der Waals surface area contributed by atoms with Crippen molar-refractivity contribution in [2.24, 2.45) is 5.41 Å². The Labute approximate surface area is 82.5 Å². The van der Waals surface area contributed by atoms with Gasteiger partial charge in [-0.3, -0.25) is 0 Å². The molecule has 1 heteroatoms. The Morgan fingerprint density at radius 3 is 2.77 bits per heavy atom. The monoisotopic (exact) mass is 181 g/mol. The molecule has 1 saturated heterocycles. The van der Waals surface area contributed by atoms with E-state index in [1.54, 1.807) is 0 Å². The second-order valence-electron chi connectivity index (χ2n) is 5.15. The summed E-state index contributed by atoms with van der Waals surface area (Å²) < 4.78 is 0. The molecular weight excluding hydrogens is 158 g/mol. The van der Waals surface area contributed by atoms with Crippen molar-refractivity contribution in [1.29, 1.82) is 0 Å². The molecule has 0 aromatic rings. The van der Waals surface area contributed by atoms with Gasteiger partial charge in [-0.1, -0.05) is 26.7 Å². The lowest BCUT2D eigenvalue weighted by molar-refractivity contribution is -0.00336. The summed E-state index contributed by atoms with van der Waals surface area (Å²) >= 11 is 0. The molecule has 0 aromatic heterocycles. The molecule has 1 nitrogen and oxygen atoms in total. The fourth-order valence-electron chi connectivity index (χ4n) is 3.52. The van der Waals surface area contributed by atoms with Crippen LogP contribution in [0.4, 0.5) is 0 Å². The first-order valence-corrected chi connectivity index (χ1v) is 6.00. The second-order valence-corrected chi connectivity index (χ2v) is 5.15. The topological polar surface area (TPSA) is 3.24 Å². The molecule has 1 aliphatic heterocycles. The van der Waals surface area contributed by atoms with Gasteiger partial charge in [0.1, 0.15) is 0 Å². The van der Waals surface area contributed by atoms with E-state index < -0.39 is 0 Å². The quantitative estimate of drug-likeness (QED) is 0.601. The number of hydrogen-bond acceptors (Lipinski definition) is 1. The number of fused-ring (bicyclic) bond motifs is 1. The summed E-state index contributed by atoms with van der Waals surface area (Å²) in [6.45, 7) is 7.47. The Morgan fingerprint density at radius 1 is 1.23 bits per heavy atom. The van der Waals surface area contributed by atoms with Gasteiger partial charge in [0.15, 0.2) is 0 Å². The molecule has 2 fully saturated rings. The van der Waals surface area contributed by atoms with Crippen LogP contribution < -0.4 is 0 Å². The van der Waals surface area contributed by atoms with Gasteiger partial charge >= 0.3 is 0 Å². The van der Waals surface area contributed by atoms with E-state index in [9.17, 15) is 0 Å². The van der Waals surface area contributed by atoms with E-state index in [4.69, 9.17) is 0 Å². The fourth-order valence-corrected chi connectivity index (χ4v) is 3.52. The van der Waals surface area contributed by atoms with Crippen LogP contribution in [-0.2, 0) is 0 Å². The summed E-state index contributed by atoms with van der Waals surface area (Å²) in [4.78, 5) is 2.72. The number of likely N-dealkylation sites (tertiary alicyclic amines) is 1. The van der Waals surface area contributed by atoms with Gasteiger partial charge in [0, 0.05) is 6.04 Å². The van der Waals surface area contributed by atoms with Gasteiger partial charge in [-0.2, -0.15) is 0 Å². The summed E-state index contributed by atoms with van der Waals surface area (Å²) in [5, 5.41) is 0. The van der Waals surface area contributed by atoms with Crippen LogP contribution in [0.15, 0.2) is 0 Å². The molecule has 1 saturated carbocycles. The Bertz CT molecular complexity index is 174. The van der Waals surface area contributed by atoms with E-state index in [1.165, 1.54) is 51.6 Å². The van der Waals surface area contributed by atoms with Crippen molar-refractivity contribution >= 4 is 0 Å². The molecule has 2 aliphatic rings. The van der Waals surface area contributed by atoms with E-state index in [-0.39, 0.29) is 0 Å². The van der Waals surface area contributed by atoms with Crippen molar-refractivity contribution in [3.63, 3.8) is 0 Å². The first-order chi connectivity index (χ1) is 6.26. The maximum atomic E-state index is 2.72. The van der Waals surface area contributed by atoms with Crippen molar-refractivity contribution in [1.82, 2.24) is 4.90 Å². The van der Waals surface area contributed by atoms with Crippen LogP contribution in [0.25, 0.3) is 0 Å². The molecule has 0 amide bonds. The molecule has 13 heavy (non-hydrogen) atoms. The molecule has 0 spiro atoms. The Hall–Kier alpha value is -0.0400. The third-order valence-corrected chi connectivity index (χ3v) is 4.32. The molecule has 0 bridgehead atoms. The summed E-state index contributed by atoms with van der Waals surface area (Å²) in [5.41, 5.74) is 0.673. The van der Waals surface area contributed by atoms with Crippen molar-refractivity contribution in [3.8, 4) is 0 Å². The Morgan fingerprint density at radius 2 is 2.00 bits per heavy atom. The standard InChI is InChI=1S/C12H23N/c1-3-13-10-6-9-12(2)8-5-4-7-11(12)13/h11H,3-10H2,1-2H3/t11-,12+/m0/s1. The van der Waals surface area contributed by atoms with Crippen LogP contribution in [-0.4, -0.2) is 24.0 Å². The van der Waals surface area contributed by atoms with Crippen LogP contribution >= 0.6 is 0 Å². The maximum Gasteiger partial charge on any atom is 0.0149 e. The highest BCUT2D eigenvalue weighted by Gasteiger charge is 2.41. The summed E-state index contributed by atoms with van der Waals surface area (Å²) in [5.74, 6) is 0. The van der Waals surface area contributed by atoms with Gasteiger partial charge in [-0.05, 0) is 44.2 Å². The zero-order valence-corrected chi connectivity index (χ0v) is 9.18. The highest BCUT2D eigenvalue weighted by molar-refractivity contribution is 4.95. The van der Waals surface area contributed by atoms with Crippen molar-refractivity contribution in [2.45, 2.75) is 58.4 Å². The molecule has 2 rings (SSSR count). The largest absolute Gasteiger partial charge is 0.300 e. The van der Waals surface area contributed by atoms with Gasteiger partial charge in [-0.25, -0.2) is 0 Å². The molecule has 0 unspecified atom stereocenters. The number of piperidine rings is 1. The molecule has 0 aromatic carbocycles. The fraction of sp³-hybridized carbons (Fsp3) is 1.00. The third-order valence-electron chi connectivity index (χ3n) is 4.32. The van der Waals surface area contributed by atoms with Gasteiger partial charge in [0.2, 0.25) is 0 Å². The van der Waals surface area contributed by atoms with E-state index in [0.29, 0.717) is 5.41 Å². The lowest BCUT2D eigenvalue weighted by Crippen LogP contribution is -2.52. The van der Waals surface area contributed by atoms with E-state index in [2.05, 4.69) is 18.7 Å². The number of nitrogens with zero attached hydrogens (tertiary/aromatic N) is 1. The zero-order chi connectivity index (χ0) is 9.31. The Kier molecular flexibility index (Phi) is 2.64. The normalized spacial score (nSPS) is 41.5. The van der Waals surface area contributed by atoms with E-state index in [0.717, 1.165) is 6.04 Å². The second kappa shape index (κ2) is 3.61. The summed E-state index contributed by atoms with van der Waals surface area (Å²) in [6, 6.07) is 0.917. The van der Waals surface area contributed by atoms with E-state index >= 15 is 0 Å². The lowest BCUT2D eigenvalue weighted by Gasteiger charge is -2.51. The first-order valence-electron chi connectivity index (χ1n) is 6.00. The molecule has 1 aliphatic carbocycles. The number of hydrogen-bond donors (Lipinski definition) is 0.